The zero-order valence-electron chi connectivity index (χ0n) is 16.1. The number of rotatable bonds is 9. The molecule has 1 atom stereocenters. The van der Waals surface area contributed by atoms with Crippen LogP contribution in [0.1, 0.15) is 32.6 Å². The Bertz CT molecular complexity index is 546. The first-order valence-corrected chi connectivity index (χ1v) is 10.7. The number of anilines is 1. The molecule has 8 heteroatoms. The number of thiophene rings is 1. The molecule has 27 heavy (non-hydrogen) atoms. The summed E-state index contributed by atoms with van der Waals surface area (Å²) in [5.41, 5.74) is 0. The van der Waals surface area contributed by atoms with Gasteiger partial charge in [-0.25, -0.2) is 0 Å². The number of nitrogens with zero attached hydrogens (tertiary/aromatic N) is 2. The fourth-order valence-corrected chi connectivity index (χ4v) is 3.90. The number of aliphatic hydroxyl groups is 1. The highest BCUT2D eigenvalue weighted by molar-refractivity contribution is 14.0. The number of halogens is 1. The maximum atomic E-state index is 10.1. The van der Waals surface area contributed by atoms with Crippen LogP contribution in [-0.2, 0) is 4.74 Å². The minimum absolute atomic E-state index is 0. The van der Waals surface area contributed by atoms with Crippen molar-refractivity contribution in [1.29, 1.82) is 0 Å². The van der Waals surface area contributed by atoms with E-state index in [1.807, 2.05) is 0 Å². The number of hydrogen-bond acceptors (Lipinski definition) is 5. The molecule has 2 aliphatic rings. The lowest BCUT2D eigenvalue weighted by Crippen LogP contribution is -2.49. The second-order valence-electron chi connectivity index (χ2n) is 7.21. The first kappa shape index (κ1) is 22.7. The van der Waals surface area contributed by atoms with Crippen LogP contribution in [0.5, 0.6) is 0 Å². The Hall–Kier alpha value is -0.580. The van der Waals surface area contributed by atoms with E-state index in [1.54, 1.807) is 11.3 Å². The molecule has 1 aromatic rings. The molecule has 6 nitrogen and oxygen atoms in total. The van der Waals surface area contributed by atoms with Gasteiger partial charge < -0.3 is 25.4 Å². The van der Waals surface area contributed by atoms with Crippen LogP contribution in [-0.4, -0.2) is 62.6 Å². The number of ether oxygens (including phenoxy) is 1. The van der Waals surface area contributed by atoms with Crippen molar-refractivity contribution in [3.63, 3.8) is 0 Å². The second kappa shape index (κ2) is 12.1. The third-order valence-corrected chi connectivity index (χ3v) is 5.75. The minimum Gasteiger partial charge on any atom is -0.389 e. The molecule has 0 bridgehead atoms. The molecule has 3 N–H and O–H groups in total. The summed E-state index contributed by atoms with van der Waals surface area (Å²) in [6.07, 6.45) is 4.19. The van der Waals surface area contributed by atoms with E-state index < -0.39 is 6.10 Å². The molecule has 0 aromatic carbocycles. The van der Waals surface area contributed by atoms with Crippen LogP contribution >= 0.6 is 35.3 Å². The highest BCUT2D eigenvalue weighted by atomic mass is 127. The average Bonchev–Trinajstić information content (AvgIpc) is 3.31. The van der Waals surface area contributed by atoms with Gasteiger partial charge in [0.1, 0.15) is 0 Å². The van der Waals surface area contributed by atoms with E-state index in [0.717, 1.165) is 51.0 Å². The summed E-state index contributed by atoms with van der Waals surface area (Å²) in [4.78, 5) is 6.99. The van der Waals surface area contributed by atoms with Crippen LogP contribution in [0, 0.1) is 5.92 Å². The van der Waals surface area contributed by atoms with E-state index in [1.165, 1.54) is 17.8 Å². The number of aliphatic imine (C=N–C) groups is 1. The number of piperidine rings is 1. The molecule has 0 amide bonds. The number of hydrogen-bond donors (Lipinski definition) is 3. The van der Waals surface area contributed by atoms with E-state index in [9.17, 15) is 5.11 Å². The van der Waals surface area contributed by atoms with E-state index in [-0.39, 0.29) is 24.0 Å². The highest BCUT2D eigenvalue weighted by Gasteiger charge is 2.22. The average molecular weight is 508 g/mol. The summed E-state index contributed by atoms with van der Waals surface area (Å²) in [5.74, 6) is 1.52. The Kier molecular flexibility index (Phi) is 10.2. The summed E-state index contributed by atoms with van der Waals surface area (Å²) < 4.78 is 5.54. The van der Waals surface area contributed by atoms with E-state index in [4.69, 9.17) is 4.74 Å². The molecular formula is C19H33IN4O2S. The summed E-state index contributed by atoms with van der Waals surface area (Å²) in [6.45, 7) is 6.53. The third-order valence-electron chi connectivity index (χ3n) is 4.82. The normalized spacial score (nSPS) is 19.5. The predicted molar refractivity (Wildman–Crippen MR) is 124 cm³/mol. The largest absolute Gasteiger partial charge is 0.389 e. The molecule has 1 aliphatic carbocycles. The lowest BCUT2D eigenvalue weighted by molar-refractivity contribution is 0.0368. The van der Waals surface area contributed by atoms with E-state index in [2.05, 4.69) is 45.0 Å². The van der Waals surface area contributed by atoms with Crippen molar-refractivity contribution in [2.75, 3.05) is 44.3 Å². The molecular weight excluding hydrogens is 475 g/mol. The van der Waals surface area contributed by atoms with Crippen LogP contribution in [0.3, 0.4) is 0 Å². The van der Waals surface area contributed by atoms with Gasteiger partial charge in [0.25, 0.3) is 0 Å². The zero-order valence-corrected chi connectivity index (χ0v) is 19.2. The lowest BCUT2D eigenvalue weighted by Gasteiger charge is -2.33. The number of aliphatic hydroxyl groups excluding tert-OH is 1. The Morgan fingerprint density at radius 1 is 1.37 bits per heavy atom. The first-order chi connectivity index (χ1) is 12.7. The molecule has 0 radical (unpaired) electrons. The van der Waals surface area contributed by atoms with Crippen molar-refractivity contribution >= 4 is 46.3 Å². The van der Waals surface area contributed by atoms with Gasteiger partial charge in [-0.05, 0) is 56.0 Å². The molecule has 1 aromatic heterocycles. The van der Waals surface area contributed by atoms with Gasteiger partial charge in [0.05, 0.1) is 24.3 Å². The standard InChI is InChI=1S/C19H32N4O2S.HI/c1-2-20-19(21-12-17(24)14-25-13-15-5-6-15)22-16-7-9-23(10-8-16)18-4-3-11-26-18;/h3-4,11,15-17,24H,2,5-10,12-14H2,1H3,(H2,20,21,22);1H. The van der Waals surface area contributed by atoms with Crippen molar-refractivity contribution in [3.8, 4) is 0 Å². The Morgan fingerprint density at radius 2 is 2.15 bits per heavy atom. The predicted octanol–water partition coefficient (Wildman–Crippen LogP) is 2.68. The Morgan fingerprint density at radius 3 is 2.78 bits per heavy atom. The van der Waals surface area contributed by atoms with Gasteiger partial charge in [0.2, 0.25) is 0 Å². The molecule has 1 aliphatic heterocycles. The highest BCUT2D eigenvalue weighted by Crippen LogP contribution is 2.28. The maximum absolute atomic E-state index is 10.1. The van der Waals surface area contributed by atoms with Crippen molar-refractivity contribution in [1.82, 2.24) is 10.6 Å². The molecule has 1 saturated carbocycles. The fraction of sp³-hybridized carbons (Fsp3) is 0.737. The number of nitrogens with one attached hydrogen (secondary N) is 2. The summed E-state index contributed by atoms with van der Waals surface area (Å²) >= 11 is 1.81. The second-order valence-corrected chi connectivity index (χ2v) is 8.14. The first-order valence-electron chi connectivity index (χ1n) is 9.83. The summed E-state index contributed by atoms with van der Waals surface area (Å²) in [7, 11) is 0. The lowest BCUT2D eigenvalue weighted by atomic mass is 10.1. The Balaban J connectivity index is 0.00000261. The summed E-state index contributed by atoms with van der Waals surface area (Å²) in [5, 5.41) is 20.4. The van der Waals surface area contributed by atoms with E-state index >= 15 is 0 Å². The molecule has 3 rings (SSSR count). The third kappa shape index (κ3) is 8.13. The zero-order chi connectivity index (χ0) is 18.2. The van der Waals surface area contributed by atoms with Crippen LogP contribution in [0.15, 0.2) is 22.5 Å². The van der Waals surface area contributed by atoms with Crippen molar-refractivity contribution in [2.24, 2.45) is 10.9 Å². The molecule has 1 unspecified atom stereocenters. The molecule has 1 saturated heterocycles. The SMILES string of the molecule is CCNC(=NCC(O)COCC1CC1)NC1CCN(c2cccs2)CC1.I. The van der Waals surface area contributed by atoms with Gasteiger partial charge >= 0.3 is 0 Å². The molecule has 2 fully saturated rings. The van der Waals surface area contributed by atoms with Crippen molar-refractivity contribution in [2.45, 2.75) is 44.8 Å². The van der Waals surface area contributed by atoms with Crippen LogP contribution in [0.25, 0.3) is 0 Å². The smallest absolute Gasteiger partial charge is 0.191 e. The number of guanidine groups is 1. The van der Waals surface area contributed by atoms with Crippen LogP contribution in [0.2, 0.25) is 0 Å². The van der Waals surface area contributed by atoms with Crippen LogP contribution < -0.4 is 15.5 Å². The summed E-state index contributed by atoms with van der Waals surface area (Å²) in [6, 6.07) is 4.73. The van der Waals surface area contributed by atoms with Gasteiger partial charge in [-0.1, -0.05) is 0 Å². The van der Waals surface area contributed by atoms with Gasteiger partial charge in [-0.2, -0.15) is 0 Å². The molecule has 0 spiro atoms. The van der Waals surface area contributed by atoms with E-state index in [0.29, 0.717) is 19.2 Å². The van der Waals surface area contributed by atoms with Crippen molar-refractivity contribution in [3.05, 3.63) is 17.5 Å². The maximum Gasteiger partial charge on any atom is 0.191 e. The van der Waals surface area contributed by atoms with Crippen molar-refractivity contribution < 1.29 is 9.84 Å². The van der Waals surface area contributed by atoms with Gasteiger partial charge in [-0.3, -0.25) is 4.99 Å². The van der Waals surface area contributed by atoms with Crippen LogP contribution in [0.4, 0.5) is 5.00 Å². The monoisotopic (exact) mass is 508 g/mol. The van der Waals surface area contributed by atoms with Gasteiger partial charge in [0, 0.05) is 32.3 Å². The quantitative estimate of drug-likeness (QED) is 0.272. The molecule has 154 valence electrons. The topological polar surface area (TPSA) is 69.1 Å². The molecule has 2 heterocycles. The van der Waals surface area contributed by atoms with Gasteiger partial charge in [-0.15, -0.1) is 35.3 Å². The Labute approximate surface area is 183 Å². The fourth-order valence-electron chi connectivity index (χ4n) is 3.11. The minimum atomic E-state index is -0.537. The van der Waals surface area contributed by atoms with Gasteiger partial charge in [0.15, 0.2) is 5.96 Å².